The second-order valence-corrected chi connectivity index (χ2v) is 7.07. The van der Waals surface area contributed by atoms with Crippen LogP contribution in [0.4, 0.5) is 13.2 Å². The Balaban J connectivity index is 1.36. The van der Waals surface area contributed by atoms with Crippen molar-refractivity contribution in [3.63, 3.8) is 0 Å². The smallest absolute Gasteiger partial charge is 0.449 e. The quantitative estimate of drug-likeness (QED) is 0.582. The maximum Gasteiger partial charge on any atom is 0.449 e. The van der Waals surface area contributed by atoms with Gasteiger partial charge in [-0.05, 0) is 36.8 Å². The van der Waals surface area contributed by atoms with E-state index in [9.17, 15) is 22.8 Å². The summed E-state index contributed by atoms with van der Waals surface area (Å²) in [5.41, 5.74) is 0.981. The van der Waals surface area contributed by atoms with E-state index in [4.69, 9.17) is 14.2 Å². The van der Waals surface area contributed by atoms with Crippen LogP contribution in [0.5, 0.6) is 11.5 Å². The van der Waals surface area contributed by atoms with Gasteiger partial charge in [0.2, 0.25) is 12.6 Å². The molecule has 1 unspecified atom stereocenters. The Kier molecular flexibility index (Phi) is 5.64. The Morgan fingerprint density at radius 2 is 1.94 bits per heavy atom. The second kappa shape index (κ2) is 8.40. The van der Waals surface area contributed by atoms with Gasteiger partial charge >= 0.3 is 12.1 Å². The number of hydrogen-bond acceptors (Lipinski definition) is 6. The van der Waals surface area contributed by atoms with Crippen LogP contribution in [0.15, 0.2) is 42.5 Å². The first-order valence-electron chi connectivity index (χ1n) is 9.59. The highest BCUT2D eigenvalue weighted by Gasteiger charge is 2.38. The average molecular weight is 449 g/mol. The van der Waals surface area contributed by atoms with Gasteiger partial charge in [0, 0.05) is 0 Å². The van der Waals surface area contributed by atoms with Crippen LogP contribution in [0.1, 0.15) is 24.4 Å². The number of halogens is 3. The minimum Gasteiger partial charge on any atom is -0.454 e. The fraction of sp³-hybridized carbons (Fsp3) is 0.286. The molecule has 1 aromatic heterocycles. The molecule has 11 heteroatoms. The number of imidazole rings is 1. The molecule has 2 aromatic carbocycles. The Morgan fingerprint density at radius 1 is 1.19 bits per heavy atom. The van der Waals surface area contributed by atoms with E-state index in [1.54, 1.807) is 31.2 Å². The number of alkyl halides is 3. The van der Waals surface area contributed by atoms with Crippen molar-refractivity contribution in [2.24, 2.45) is 0 Å². The third-order valence-corrected chi connectivity index (χ3v) is 4.83. The fourth-order valence-corrected chi connectivity index (χ4v) is 3.32. The molecule has 1 N–H and O–H groups in total. The van der Waals surface area contributed by atoms with Gasteiger partial charge in [-0.15, -0.1) is 0 Å². The number of nitrogens with one attached hydrogen (secondary N) is 1. The van der Waals surface area contributed by atoms with Crippen molar-refractivity contribution in [3.05, 3.63) is 53.9 Å². The fourth-order valence-electron chi connectivity index (χ4n) is 3.32. The summed E-state index contributed by atoms with van der Waals surface area (Å²) in [5.74, 6) is -1.65. The number of aromatic nitrogens is 2. The van der Waals surface area contributed by atoms with E-state index in [2.05, 4.69) is 10.3 Å². The third kappa shape index (κ3) is 4.46. The first kappa shape index (κ1) is 21.5. The maximum absolute atomic E-state index is 13.3. The molecule has 2 heterocycles. The molecule has 0 saturated carbocycles. The summed E-state index contributed by atoms with van der Waals surface area (Å²) >= 11 is 0. The van der Waals surface area contributed by atoms with Crippen LogP contribution >= 0.6 is 0 Å². The monoisotopic (exact) mass is 449 g/mol. The summed E-state index contributed by atoms with van der Waals surface area (Å²) in [6, 6.07) is 10.7. The summed E-state index contributed by atoms with van der Waals surface area (Å²) in [6.07, 6.45) is -4.75. The highest BCUT2D eigenvalue weighted by Crippen LogP contribution is 2.34. The predicted molar refractivity (Wildman–Crippen MR) is 105 cm³/mol. The zero-order chi connectivity index (χ0) is 22.9. The lowest BCUT2D eigenvalue weighted by molar-refractivity contribution is -0.153. The molecule has 1 aliphatic heterocycles. The van der Waals surface area contributed by atoms with Gasteiger partial charge in [-0.3, -0.25) is 9.59 Å². The number of carbonyl (C=O) groups is 2. The van der Waals surface area contributed by atoms with E-state index in [0.717, 1.165) is 10.1 Å². The summed E-state index contributed by atoms with van der Waals surface area (Å²) in [4.78, 5) is 27.9. The van der Waals surface area contributed by atoms with Gasteiger partial charge in [0.15, 0.2) is 18.1 Å². The van der Waals surface area contributed by atoms with Crippen molar-refractivity contribution in [1.29, 1.82) is 0 Å². The number of fused-ring (bicyclic) bond motifs is 2. The molecule has 168 valence electrons. The lowest BCUT2D eigenvalue weighted by Gasteiger charge is -2.15. The standard InChI is InChI=1S/C21H18F3N3O5/c1-12(13-6-7-16-17(8-13)32-11-31-16)25-18(28)10-30-19(29)9-27-15-5-3-2-4-14(15)26-20(27)21(22,23)24/h2-8,12H,9-11H2,1H3,(H,25,28). The minimum absolute atomic E-state index is 0.0999. The predicted octanol–water partition coefficient (Wildman–Crippen LogP) is 3.20. The molecular weight excluding hydrogens is 431 g/mol. The molecule has 0 radical (unpaired) electrons. The number of nitrogens with zero attached hydrogens (tertiary/aromatic N) is 2. The van der Waals surface area contributed by atoms with Gasteiger partial charge in [-0.25, -0.2) is 4.98 Å². The van der Waals surface area contributed by atoms with Gasteiger partial charge in [-0.1, -0.05) is 18.2 Å². The van der Waals surface area contributed by atoms with Gasteiger partial charge in [0.05, 0.1) is 17.1 Å². The normalized spacial score (nSPS) is 13.8. The molecule has 0 aliphatic carbocycles. The highest BCUT2D eigenvalue weighted by molar-refractivity contribution is 5.82. The van der Waals surface area contributed by atoms with E-state index in [1.807, 2.05) is 0 Å². The molecule has 0 saturated heterocycles. The number of esters is 1. The van der Waals surface area contributed by atoms with Crippen LogP contribution in [-0.4, -0.2) is 34.8 Å². The highest BCUT2D eigenvalue weighted by atomic mass is 19.4. The van der Waals surface area contributed by atoms with E-state index < -0.39 is 43.1 Å². The van der Waals surface area contributed by atoms with Gasteiger partial charge in [0.25, 0.3) is 5.91 Å². The SMILES string of the molecule is CC(NC(=O)COC(=O)Cn1c(C(F)(F)F)nc2ccccc21)c1ccc2c(c1)OCO2. The zero-order valence-electron chi connectivity index (χ0n) is 16.8. The minimum atomic E-state index is -4.75. The summed E-state index contributed by atoms with van der Waals surface area (Å²) in [5, 5.41) is 2.66. The van der Waals surface area contributed by atoms with E-state index in [-0.39, 0.29) is 17.8 Å². The molecule has 1 amide bonds. The topological polar surface area (TPSA) is 91.7 Å². The molecule has 32 heavy (non-hydrogen) atoms. The van der Waals surface area contributed by atoms with Crippen LogP contribution in [0.2, 0.25) is 0 Å². The molecule has 1 atom stereocenters. The first-order chi connectivity index (χ1) is 15.2. The van der Waals surface area contributed by atoms with Crippen molar-refractivity contribution in [3.8, 4) is 11.5 Å². The molecule has 3 aromatic rings. The van der Waals surface area contributed by atoms with Gasteiger partial charge in [0.1, 0.15) is 6.54 Å². The first-order valence-corrected chi connectivity index (χ1v) is 9.59. The number of carbonyl (C=O) groups excluding carboxylic acids is 2. The maximum atomic E-state index is 13.3. The van der Waals surface area contributed by atoms with Crippen LogP contribution in [0, 0.1) is 0 Å². The van der Waals surface area contributed by atoms with Crippen molar-refractivity contribution in [1.82, 2.24) is 14.9 Å². The molecule has 1 aliphatic rings. The Hall–Kier alpha value is -3.76. The average Bonchev–Trinajstić information content (AvgIpc) is 3.36. The van der Waals surface area contributed by atoms with Crippen LogP contribution < -0.4 is 14.8 Å². The molecular formula is C21H18F3N3O5. The van der Waals surface area contributed by atoms with Crippen LogP contribution in [0.25, 0.3) is 11.0 Å². The summed E-state index contributed by atoms with van der Waals surface area (Å²) in [6.45, 7) is 0.476. The second-order valence-electron chi connectivity index (χ2n) is 7.07. The molecule has 8 nitrogen and oxygen atoms in total. The Bertz CT molecular complexity index is 1180. The number of hydrogen-bond donors (Lipinski definition) is 1. The van der Waals surface area contributed by atoms with E-state index in [1.165, 1.54) is 18.2 Å². The van der Waals surface area contributed by atoms with E-state index in [0.29, 0.717) is 11.5 Å². The van der Waals surface area contributed by atoms with Crippen LogP contribution in [-0.2, 0) is 27.0 Å². The zero-order valence-corrected chi connectivity index (χ0v) is 16.8. The number of benzene rings is 2. The van der Waals surface area contributed by atoms with Crippen molar-refractivity contribution < 1.29 is 37.0 Å². The number of amides is 1. The van der Waals surface area contributed by atoms with Gasteiger partial charge in [-0.2, -0.15) is 13.2 Å². The van der Waals surface area contributed by atoms with E-state index >= 15 is 0 Å². The Labute approximate surface area is 179 Å². The largest absolute Gasteiger partial charge is 0.454 e. The van der Waals surface area contributed by atoms with Crippen LogP contribution in [0.3, 0.4) is 0 Å². The van der Waals surface area contributed by atoms with Crippen molar-refractivity contribution >= 4 is 22.9 Å². The molecule has 4 rings (SSSR count). The van der Waals surface area contributed by atoms with Crippen molar-refractivity contribution in [2.45, 2.75) is 25.7 Å². The van der Waals surface area contributed by atoms with Crippen molar-refractivity contribution in [2.75, 3.05) is 13.4 Å². The number of para-hydroxylation sites is 2. The lowest BCUT2D eigenvalue weighted by atomic mass is 10.1. The molecule has 0 spiro atoms. The Morgan fingerprint density at radius 3 is 2.72 bits per heavy atom. The van der Waals surface area contributed by atoms with Gasteiger partial charge < -0.3 is 24.1 Å². The molecule has 0 bridgehead atoms. The summed E-state index contributed by atoms with van der Waals surface area (Å²) < 4.78 is 56.1. The summed E-state index contributed by atoms with van der Waals surface area (Å²) in [7, 11) is 0. The lowest BCUT2D eigenvalue weighted by Crippen LogP contribution is -2.32. The molecule has 0 fully saturated rings. The number of rotatable bonds is 6. The number of ether oxygens (including phenoxy) is 3. The third-order valence-electron chi connectivity index (χ3n) is 4.83.